The average molecular weight is 575 g/mol. The van der Waals surface area contributed by atoms with Crippen molar-refractivity contribution in [1.29, 1.82) is 0 Å². The number of ether oxygens (including phenoxy) is 3. The van der Waals surface area contributed by atoms with E-state index in [4.69, 9.17) is 14.2 Å². The summed E-state index contributed by atoms with van der Waals surface area (Å²) < 4.78 is 20.3. The van der Waals surface area contributed by atoms with E-state index in [9.17, 15) is 0 Å². The molecule has 1 aliphatic rings. The smallest absolute Gasteiger partial charge is 0.149 e. The van der Waals surface area contributed by atoms with E-state index in [2.05, 4.69) is 83.7 Å². The number of benzene rings is 4. The van der Waals surface area contributed by atoms with Crippen molar-refractivity contribution >= 4 is 0 Å². The molecule has 0 saturated carbocycles. The highest BCUT2D eigenvalue weighted by Crippen LogP contribution is 2.38. The first-order valence-electron chi connectivity index (χ1n) is 15.0. The molecule has 0 spiro atoms. The summed E-state index contributed by atoms with van der Waals surface area (Å²) in [6.07, 6.45) is 1.81. The number of hydrogen-bond donors (Lipinski definition) is 0. The Morgan fingerprint density at radius 2 is 1.37 bits per heavy atom. The second kappa shape index (κ2) is 13.7. The largest absolute Gasteiger partial charge is 0.488 e. The summed E-state index contributed by atoms with van der Waals surface area (Å²) in [7, 11) is 0. The Labute approximate surface area is 253 Å². The molecule has 0 bridgehead atoms. The van der Waals surface area contributed by atoms with Gasteiger partial charge >= 0.3 is 0 Å². The van der Waals surface area contributed by atoms with Crippen LogP contribution in [0.15, 0.2) is 103 Å². The Morgan fingerprint density at radius 1 is 0.744 bits per heavy atom. The van der Waals surface area contributed by atoms with Crippen LogP contribution in [-0.4, -0.2) is 46.2 Å². The molecule has 0 N–H and O–H groups in total. The summed E-state index contributed by atoms with van der Waals surface area (Å²) in [6.45, 7) is 9.69. The fraction of sp³-hybridized carbons (Fsp3) is 0.278. The van der Waals surface area contributed by atoms with Crippen LogP contribution in [0.4, 0.5) is 0 Å². The molecule has 0 unspecified atom stereocenters. The lowest BCUT2D eigenvalue weighted by Crippen LogP contribution is -2.35. The highest BCUT2D eigenvalue weighted by Gasteiger charge is 2.20. The molecule has 1 saturated heterocycles. The molecule has 220 valence electrons. The van der Waals surface area contributed by atoms with Gasteiger partial charge in [0, 0.05) is 31.3 Å². The molecule has 1 fully saturated rings. The van der Waals surface area contributed by atoms with Gasteiger partial charge in [-0.15, -0.1) is 5.10 Å². The molecule has 1 aromatic heterocycles. The van der Waals surface area contributed by atoms with Crippen molar-refractivity contribution in [3.63, 3.8) is 0 Å². The summed E-state index contributed by atoms with van der Waals surface area (Å²) in [6, 6.07) is 33.2. The van der Waals surface area contributed by atoms with E-state index in [1.807, 2.05) is 53.3 Å². The first kappa shape index (κ1) is 28.6. The van der Waals surface area contributed by atoms with E-state index in [0.717, 1.165) is 72.2 Å². The second-order valence-electron chi connectivity index (χ2n) is 11.2. The van der Waals surface area contributed by atoms with Crippen LogP contribution in [-0.2, 0) is 24.5 Å². The zero-order valence-electron chi connectivity index (χ0n) is 24.9. The van der Waals surface area contributed by atoms with Crippen LogP contribution in [0.3, 0.4) is 0 Å². The quantitative estimate of drug-likeness (QED) is 0.169. The number of morpholine rings is 1. The van der Waals surface area contributed by atoms with E-state index in [1.54, 1.807) is 0 Å². The minimum Gasteiger partial charge on any atom is -0.488 e. The topological polar surface area (TPSA) is 61.6 Å². The normalized spacial score (nSPS) is 13.7. The summed E-state index contributed by atoms with van der Waals surface area (Å²) in [5, 5.41) is 8.87. The molecular weight excluding hydrogens is 536 g/mol. The molecule has 1 aliphatic heterocycles. The lowest BCUT2D eigenvalue weighted by Gasteiger charge is -2.26. The maximum atomic E-state index is 6.48. The first-order chi connectivity index (χ1) is 21.1. The van der Waals surface area contributed by atoms with E-state index >= 15 is 0 Å². The second-order valence-corrected chi connectivity index (χ2v) is 11.2. The lowest BCUT2D eigenvalue weighted by molar-refractivity contribution is 0.0342. The van der Waals surface area contributed by atoms with Crippen molar-refractivity contribution in [2.45, 2.75) is 39.5 Å². The van der Waals surface area contributed by atoms with Crippen LogP contribution in [0, 0.1) is 0 Å². The van der Waals surface area contributed by atoms with Crippen molar-refractivity contribution < 1.29 is 14.2 Å². The lowest BCUT2D eigenvalue weighted by atomic mass is 10.0. The van der Waals surface area contributed by atoms with Gasteiger partial charge in [-0.05, 0) is 34.2 Å². The van der Waals surface area contributed by atoms with E-state index in [1.165, 1.54) is 5.56 Å². The van der Waals surface area contributed by atoms with Crippen molar-refractivity contribution in [2.75, 3.05) is 26.3 Å². The first-order valence-corrected chi connectivity index (χ1v) is 15.0. The Balaban J connectivity index is 1.33. The number of rotatable bonds is 11. The molecular formula is C36H38N4O3. The molecule has 43 heavy (non-hydrogen) atoms. The number of hydrogen-bond acceptors (Lipinski definition) is 6. The van der Waals surface area contributed by atoms with Gasteiger partial charge in [0.1, 0.15) is 30.4 Å². The fourth-order valence-electron chi connectivity index (χ4n) is 5.30. The zero-order valence-corrected chi connectivity index (χ0v) is 24.9. The Morgan fingerprint density at radius 3 is 2.00 bits per heavy atom. The third-order valence-corrected chi connectivity index (χ3v) is 7.72. The van der Waals surface area contributed by atoms with Crippen LogP contribution < -0.4 is 9.47 Å². The third-order valence-electron chi connectivity index (χ3n) is 7.72. The van der Waals surface area contributed by atoms with Crippen LogP contribution in [0.25, 0.3) is 16.9 Å². The van der Waals surface area contributed by atoms with Crippen molar-refractivity contribution in [3.8, 4) is 28.4 Å². The standard InChI is InChI=1S/C36H38N4O3/c1-27(2)32-21-33(40-34(23-37-38-40)31-15-13-28(14-16-31)24-39-17-19-41-20-18-39)36(43-26-30-11-7-4-8-12-30)22-35(32)42-25-29-9-5-3-6-10-29/h3-16,21-23,27H,17-20,24-26H2,1-2H3. The minimum absolute atomic E-state index is 0.221. The Kier molecular flexibility index (Phi) is 9.11. The zero-order chi connectivity index (χ0) is 29.4. The highest BCUT2D eigenvalue weighted by atomic mass is 16.5. The van der Waals surface area contributed by atoms with E-state index in [-0.39, 0.29) is 5.92 Å². The molecule has 0 radical (unpaired) electrons. The van der Waals surface area contributed by atoms with E-state index < -0.39 is 0 Å². The van der Waals surface area contributed by atoms with Gasteiger partial charge in [0.2, 0.25) is 0 Å². The third kappa shape index (κ3) is 7.13. The van der Waals surface area contributed by atoms with Crippen molar-refractivity contribution in [3.05, 3.63) is 126 Å². The molecule has 2 heterocycles. The Bertz CT molecular complexity index is 1600. The predicted molar refractivity (Wildman–Crippen MR) is 169 cm³/mol. The molecule has 0 aliphatic carbocycles. The molecule has 0 amide bonds. The van der Waals surface area contributed by atoms with Gasteiger partial charge in [0.05, 0.1) is 25.1 Å². The molecule has 5 aromatic rings. The fourth-order valence-corrected chi connectivity index (χ4v) is 5.30. The van der Waals surface area contributed by atoms with E-state index in [0.29, 0.717) is 19.0 Å². The SMILES string of the molecule is CC(C)c1cc(-n2nncc2-c2ccc(CN3CCOCC3)cc2)c(OCc2ccccc2)cc1OCc1ccccc1. The summed E-state index contributed by atoms with van der Waals surface area (Å²) in [5.74, 6) is 1.71. The Hall–Kier alpha value is -4.46. The molecule has 0 atom stereocenters. The van der Waals surface area contributed by atoms with Gasteiger partial charge < -0.3 is 14.2 Å². The van der Waals surface area contributed by atoms with Crippen LogP contribution in [0.1, 0.15) is 42.0 Å². The number of aromatic nitrogens is 3. The maximum Gasteiger partial charge on any atom is 0.149 e. The summed E-state index contributed by atoms with van der Waals surface area (Å²) >= 11 is 0. The predicted octanol–water partition coefficient (Wildman–Crippen LogP) is 7.05. The van der Waals surface area contributed by atoms with Crippen LogP contribution >= 0.6 is 0 Å². The highest BCUT2D eigenvalue weighted by molar-refractivity contribution is 5.65. The average Bonchev–Trinajstić information content (AvgIpc) is 3.54. The van der Waals surface area contributed by atoms with Crippen LogP contribution in [0.2, 0.25) is 0 Å². The van der Waals surface area contributed by atoms with Gasteiger partial charge in [0.15, 0.2) is 0 Å². The summed E-state index contributed by atoms with van der Waals surface area (Å²) in [5.41, 5.74) is 7.33. The number of nitrogens with zero attached hydrogens (tertiary/aromatic N) is 4. The monoisotopic (exact) mass is 574 g/mol. The van der Waals surface area contributed by atoms with Gasteiger partial charge in [-0.3, -0.25) is 4.90 Å². The van der Waals surface area contributed by atoms with Gasteiger partial charge in [-0.2, -0.15) is 0 Å². The minimum atomic E-state index is 0.221. The molecule has 7 nitrogen and oxygen atoms in total. The van der Waals surface area contributed by atoms with Gasteiger partial charge in [0.25, 0.3) is 0 Å². The van der Waals surface area contributed by atoms with Gasteiger partial charge in [-0.25, -0.2) is 4.68 Å². The maximum absolute atomic E-state index is 6.48. The summed E-state index contributed by atoms with van der Waals surface area (Å²) in [4.78, 5) is 2.43. The molecule has 6 rings (SSSR count). The molecule has 4 aromatic carbocycles. The van der Waals surface area contributed by atoms with Crippen LogP contribution in [0.5, 0.6) is 11.5 Å². The van der Waals surface area contributed by atoms with Gasteiger partial charge in [-0.1, -0.05) is 104 Å². The van der Waals surface area contributed by atoms with Crippen molar-refractivity contribution in [1.82, 2.24) is 19.9 Å². The molecule has 7 heteroatoms. The van der Waals surface area contributed by atoms with Crippen molar-refractivity contribution in [2.24, 2.45) is 0 Å².